The van der Waals surface area contributed by atoms with Crippen LogP contribution in [0, 0.1) is 11.8 Å². The summed E-state index contributed by atoms with van der Waals surface area (Å²) in [4.78, 5) is 0. The van der Waals surface area contributed by atoms with Gasteiger partial charge in [0.1, 0.15) is 5.75 Å². The highest BCUT2D eigenvalue weighted by atomic mass is 79.9. The van der Waals surface area contributed by atoms with Crippen molar-refractivity contribution in [3.8, 4) is 5.75 Å². The maximum Gasteiger partial charge on any atom is 0.122 e. The number of rotatable bonds is 6. The van der Waals surface area contributed by atoms with Crippen LogP contribution in [-0.2, 0) is 0 Å². The van der Waals surface area contributed by atoms with Gasteiger partial charge in [0.15, 0.2) is 0 Å². The van der Waals surface area contributed by atoms with Crippen LogP contribution in [-0.4, -0.2) is 20.2 Å². The first-order valence-electron chi connectivity index (χ1n) is 6.28. The first-order valence-corrected chi connectivity index (χ1v) is 7.08. The minimum Gasteiger partial charge on any atom is -0.496 e. The maximum absolute atomic E-state index is 5.78. The predicted octanol–water partition coefficient (Wildman–Crippen LogP) is 2.73. The molecular formula is C14H23BrN2O. The second-order valence-electron chi connectivity index (χ2n) is 4.77. The van der Waals surface area contributed by atoms with Crippen molar-refractivity contribution in [1.29, 1.82) is 0 Å². The third-order valence-corrected chi connectivity index (χ3v) is 4.31. The Morgan fingerprint density at radius 2 is 1.83 bits per heavy atom. The lowest BCUT2D eigenvalue weighted by molar-refractivity contribution is 0.319. The molecule has 0 aromatic heterocycles. The summed E-state index contributed by atoms with van der Waals surface area (Å²) in [7, 11) is 1.70. The molecule has 0 aliphatic carbocycles. The van der Waals surface area contributed by atoms with Gasteiger partial charge in [0.25, 0.3) is 0 Å². The molecule has 1 aromatic rings. The van der Waals surface area contributed by atoms with Crippen LogP contribution < -0.4 is 16.2 Å². The molecule has 4 heteroatoms. The smallest absolute Gasteiger partial charge is 0.122 e. The molecule has 1 rings (SSSR count). The number of methoxy groups -OCH3 is 1. The lowest BCUT2D eigenvalue weighted by Gasteiger charge is -2.28. The molecule has 0 amide bonds. The van der Waals surface area contributed by atoms with Crippen molar-refractivity contribution in [3.05, 3.63) is 28.2 Å². The van der Waals surface area contributed by atoms with Gasteiger partial charge in [-0.2, -0.15) is 0 Å². The van der Waals surface area contributed by atoms with Crippen LogP contribution >= 0.6 is 15.9 Å². The topological polar surface area (TPSA) is 61.3 Å². The van der Waals surface area contributed by atoms with E-state index >= 15 is 0 Å². The number of hydrogen-bond donors (Lipinski definition) is 2. The van der Waals surface area contributed by atoms with Gasteiger partial charge in [0.05, 0.1) is 7.11 Å². The van der Waals surface area contributed by atoms with Gasteiger partial charge in [-0.15, -0.1) is 0 Å². The first kappa shape index (κ1) is 15.5. The summed E-state index contributed by atoms with van der Waals surface area (Å²) in [5, 5.41) is 0. The Kier molecular flexibility index (Phi) is 6.12. The molecule has 0 saturated heterocycles. The third kappa shape index (κ3) is 3.46. The highest BCUT2D eigenvalue weighted by molar-refractivity contribution is 9.10. The molecule has 0 aliphatic heterocycles. The van der Waals surface area contributed by atoms with E-state index in [0.29, 0.717) is 30.8 Å². The van der Waals surface area contributed by atoms with Crippen molar-refractivity contribution in [1.82, 2.24) is 0 Å². The fourth-order valence-electron chi connectivity index (χ4n) is 2.28. The van der Waals surface area contributed by atoms with Crippen molar-refractivity contribution >= 4 is 15.9 Å². The minimum atomic E-state index is 0.337. The van der Waals surface area contributed by atoms with Crippen molar-refractivity contribution in [2.45, 2.75) is 19.8 Å². The molecule has 3 nitrogen and oxygen atoms in total. The SMILES string of the molecule is COc1ccc(Br)cc1C(C)C(C)C(CN)CN. The molecular weight excluding hydrogens is 292 g/mol. The third-order valence-electron chi connectivity index (χ3n) is 3.82. The van der Waals surface area contributed by atoms with Gasteiger partial charge in [0.2, 0.25) is 0 Å². The summed E-state index contributed by atoms with van der Waals surface area (Å²) >= 11 is 3.51. The second-order valence-corrected chi connectivity index (χ2v) is 5.68. The molecule has 0 fully saturated rings. The second kappa shape index (κ2) is 7.12. The highest BCUT2D eigenvalue weighted by Crippen LogP contribution is 2.36. The standard InChI is InChI=1S/C14H23BrN2O/c1-9(11(7-16)8-17)10(2)13-6-12(15)4-5-14(13)18-3/h4-6,9-11H,7-8,16-17H2,1-3H3. The van der Waals surface area contributed by atoms with Gasteiger partial charge < -0.3 is 16.2 Å². The van der Waals surface area contributed by atoms with Crippen LogP contribution in [0.15, 0.2) is 22.7 Å². The van der Waals surface area contributed by atoms with E-state index in [0.717, 1.165) is 10.2 Å². The summed E-state index contributed by atoms with van der Waals surface area (Å²) in [5.41, 5.74) is 12.8. The molecule has 102 valence electrons. The van der Waals surface area contributed by atoms with Crippen LogP contribution in [0.1, 0.15) is 25.3 Å². The molecule has 2 atom stereocenters. The van der Waals surface area contributed by atoms with Crippen LogP contribution in [0.4, 0.5) is 0 Å². The van der Waals surface area contributed by atoms with Gasteiger partial charge in [-0.3, -0.25) is 0 Å². The van der Waals surface area contributed by atoms with E-state index in [2.05, 4.69) is 35.8 Å². The maximum atomic E-state index is 5.78. The summed E-state index contributed by atoms with van der Waals surface area (Å²) in [6.45, 7) is 5.65. The van der Waals surface area contributed by atoms with E-state index in [1.54, 1.807) is 7.11 Å². The van der Waals surface area contributed by atoms with Gasteiger partial charge in [0, 0.05) is 4.47 Å². The first-order chi connectivity index (χ1) is 8.54. The van der Waals surface area contributed by atoms with Crippen molar-refractivity contribution in [3.63, 3.8) is 0 Å². The Morgan fingerprint density at radius 1 is 1.22 bits per heavy atom. The summed E-state index contributed by atoms with van der Waals surface area (Å²) in [6.07, 6.45) is 0. The Labute approximate surface area is 118 Å². The quantitative estimate of drug-likeness (QED) is 0.848. The molecule has 0 radical (unpaired) electrons. The molecule has 4 N–H and O–H groups in total. The fourth-order valence-corrected chi connectivity index (χ4v) is 2.66. The number of ether oxygens (including phenoxy) is 1. The van der Waals surface area contributed by atoms with E-state index in [1.807, 2.05) is 12.1 Å². The molecule has 0 saturated carbocycles. The minimum absolute atomic E-state index is 0.337. The summed E-state index contributed by atoms with van der Waals surface area (Å²) in [6, 6.07) is 6.09. The molecule has 0 aliphatic rings. The normalized spacial score (nSPS) is 14.6. The van der Waals surface area contributed by atoms with E-state index in [1.165, 1.54) is 5.56 Å². The zero-order valence-electron chi connectivity index (χ0n) is 11.3. The lowest BCUT2D eigenvalue weighted by atomic mass is 9.80. The molecule has 0 heterocycles. The predicted molar refractivity (Wildman–Crippen MR) is 79.9 cm³/mol. The van der Waals surface area contributed by atoms with Gasteiger partial charge in [-0.1, -0.05) is 29.8 Å². The Bertz CT molecular complexity index is 380. The van der Waals surface area contributed by atoms with E-state index < -0.39 is 0 Å². The van der Waals surface area contributed by atoms with Gasteiger partial charge in [-0.05, 0) is 54.6 Å². The molecule has 18 heavy (non-hydrogen) atoms. The van der Waals surface area contributed by atoms with Crippen molar-refractivity contribution in [2.24, 2.45) is 23.3 Å². The summed E-state index contributed by atoms with van der Waals surface area (Å²) < 4.78 is 6.50. The number of benzene rings is 1. The van der Waals surface area contributed by atoms with Crippen LogP contribution in [0.5, 0.6) is 5.75 Å². The van der Waals surface area contributed by atoms with Gasteiger partial charge in [-0.25, -0.2) is 0 Å². The molecule has 2 unspecified atom stereocenters. The van der Waals surface area contributed by atoms with E-state index in [4.69, 9.17) is 16.2 Å². The Hall–Kier alpha value is -0.580. The Morgan fingerprint density at radius 3 is 2.33 bits per heavy atom. The highest BCUT2D eigenvalue weighted by Gasteiger charge is 2.24. The number of nitrogens with two attached hydrogens (primary N) is 2. The molecule has 1 aromatic carbocycles. The number of halogens is 1. The zero-order chi connectivity index (χ0) is 13.7. The van der Waals surface area contributed by atoms with Crippen molar-refractivity contribution < 1.29 is 4.74 Å². The average Bonchev–Trinajstić information content (AvgIpc) is 2.39. The fraction of sp³-hybridized carbons (Fsp3) is 0.571. The van der Waals surface area contributed by atoms with Crippen LogP contribution in [0.2, 0.25) is 0 Å². The lowest BCUT2D eigenvalue weighted by Crippen LogP contribution is -2.31. The zero-order valence-corrected chi connectivity index (χ0v) is 12.9. The number of hydrogen-bond acceptors (Lipinski definition) is 3. The van der Waals surface area contributed by atoms with E-state index in [9.17, 15) is 0 Å². The average molecular weight is 315 g/mol. The largest absolute Gasteiger partial charge is 0.496 e. The van der Waals surface area contributed by atoms with E-state index in [-0.39, 0.29) is 0 Å². The molecule has 0 spiro atoms. The Balaban J connectivity index is 3.01. The molecule has 0 bridgehead atoms. The van der Waals surface area contributed by atoms with Crippen LogP contribution in [0.3, 0.4) is 0 Å². The van der Waals surface area contributed by atoms with Crippen molar-refractivity contribution in [2.75, 3.05) is 20.2 Å². The van der Waals surface area contributed by atoms with Crippen LogP contribution in [0.25, 0.3) is 0 Å². The summed E-state index contributed by atoms with van der Waals surface area (Å²) in [5.74, 6) is 2.03. The van der Waals surface area contributed by atoms with Gasteiger partial charge >= 0.3 is 0 Å². The monoisotopic (exact) mass is 314 g/mol.